The Morgan fingerprint density at radius 3 is 2.57 bits per heavy atom. The number of nitrogens with two attached hydrogens (primary N) is 1. The predicted octanol–water partition coefficient (Wildman–Crippen LogP) is 1.16. The minimum atomic E-state index is -1.36. The van der Waals surface area contributed by atoms with Gasteiger partial charge in [-0.2, -0.15) is 0 Å². The molecule has 2 atom stereocenters. The Bertz CT molecular complexity index is 546. The first-order valence-electron chi connectivity index (χ1n) is 6.71. The number of aliphatic hydroxyl groups is 1. The number of ether oxygens (including phenoxy) is 1. The van der Waals surface area contributed by atoms with Crippen molar-refractivity contribution >= 4 is 23.5 Å². The molecule has 0 aromatic heterocycles. The molecule has 0 saturated carbocycles. The molecule has 0 fully saturated rings. The predicted molar refractivity (Wildman–Crippen MR) is 85.3 cm³/mol. The number of amides is 1. The third kappa shape index (κ3) is 6.31. The van der Waals surface area contributed by atoms with Gasteiger partial charge in [0.25, 0.3) is 5.79 Å². The SMILES string of the molecule is CO[C@](C)(CO)O/N=C(\N)[C@H](Cc1ccc(Cl)cc1)NC(=O)O. The summed E-state index contributed by atoms with van der Waals surface area (Å²) in [5, 5.41) is 24.6. The summed E-state index contributed by atoms with van der Waals surface area (Å²) in [5.41, 5.74) is 6.60. The molecule has 1 aromatic rings. The minimum Gasteiger partial charge on any atom is -0.465 e. The zero-order valence-electron chi connectivity index (χ0n) is 12.8. The molecule has 0 spiro atoms. The zero-order chi connectivity index (χ0) is 17.5. The minimum absolute atomic E-state index is 0.0981. The number of nitrogens with zero attached hydrogens (tertiary/aromatic N) is 1. The highest BCUT2D eigenvalue weighted by Gasteiger charge is 2.26. The van der Waals surface area contributed by atoms with Crippen LogP contribution >= 0.6 is 11.6 Å². The van der Waals surface area contributed by atoms with Gasteiger partial charge in [0, 0.05) is 25.5 Å². The Labute approximate surface area is 138 Å². The molecule has 9 heteroatoms. The first-order chi connectivity index (χ1) is 10.8. The van der Waals surface area contributed by atoms with Gasteiger partial charge in [-0.05, 0) is 17.7 Å². The number of benzene rings is 1. The van der Waals surface area contributed by atoms with Crippen molar-refractivity contribution in [3.05, 3.63) is 34.9 Å². The van der Waals surface area contributed by atoms with Gasteiger partial charge in [-0.1, -0.05) is 28.9 Å². The van der Waals surface area contributed by atoms with Crippen LogP contribution in [0.3, 0.4) is 0 Å². The van der Waals surface area contributed by atoms with Crippen LogP contribution in [0.5, 0.6) is 0 Å². The van der Waals surface area contributed by atoms with E-state index < -0.39 is 24.5 Å². The molecule has 0 aliphatic carbocycles. The number of aliphatic hydroxyl groups excluding tert-OH is 1. The highest BCUT2D eigenvalue weighted by atomic mass is 35.5. The summed E-state index contributed by atoms with van der Waals surface area (Å²) in [4.78, 5) is 16.0. The fraction of sp³-hybridized carbons (Fsp3) is 0.429. The number of carbonyl (C=O) groups is 1. The van der Waals surface area contributed by atoms with Gasteiger partial charge >= 0.3 is 6.09 Å². The van der Waals surface area contributed by atoms with Gasteiger partial charge in [0.05, 0.1) is 6.04 Å². The lowest BCUT2D eigenvalue weighted by Crippen LogP contribution is -2.46. The van der Waals surface area contributed by atoms with Gasteiger partial charge in [-0.25, -0.2) is 4.79 Å². The second-order valence-corrected chi connectivity index (χ2v) is 5.37. The number of amidine groups is 1. The van der Waals surface area contributed by atoms with Crippen molar-refractivity contribution in [2.45, 2.75) is 25.2 Å². The lowest BCUT2D eigenvalue weighted by atomic mass is 10.1. The van der Waals surface area contributed by atoms with Gasteiger partial charge in [-0.15, -0.1) is 0 Å². The Hall–Kier alpha value is -2.03. The summed E-state index contributed by atoms with van der Waals surface area (Å²) in [6.07, 6.45) is -0.996. The first kappa shape index (κ1) is 19.0. The van der Waals surface area contributed by atoms with Crippen molar-refractivity contribution in [2.24, 2.45) is 10.9 Å². The summed E-state index contributed by atoms with van der Waals surface area (Å²) in [5.74, 6) is -1.46. The van der Waals surface area contributed by atoms with E-state index in [0.29, 0.717) is 5.02 Å². The van der Waals surface area contributed by atoms with Crippen LogP contribution in [0.4, 0.5) is 4.79 Å². The average Bonchev–Trinajstić information content (AvgIpc) is 2.53. The number of hydrogen-bond donors (Lipinski definition) is 4. The van der Waals surface area contributed by atoms with Crippen molar-refractivity contribution in [2.75, 3.05) is 13.7 Å². The number of carboxylic acid groups (broad SMARTS) is 1. The number of nitrogens with one attached hydrogen (secondary N) is 1. The molecule has 1 rings (SSSR count). The Morgan fingerprint density at radius 1 is 1.48 bits per heavy atom. The first-order valence-corrected chi connectivity index (χ1v) is 7.09. The normalized spacial score (nSPS) is 15.6. The molecule has 0 bridgehead atoms. The van der Waals surface area contributed by atoms with E-state index in [1.54, 1.807) is 24.3 Å². The van der Waals surface area contributed by atoms with E-state index in [1.807, 2.05) is 0 Å². The average molecular weight is 346 g/mol. The van der Waals surface area contributed by atoms with Gasteiger partial charge in [0.15, 0.2) is 5.84 Å². The summed E-state index contributed by atoms with van der Waals surface area (Å²) in [7, 11) is 1.34. The number of hydrogen-bond acceptors (Lipinski definition) is 5. The molecule has 0 saturated heterocycles. The largest absolute Gasteiger partial charge is 0.465 e. The van der Waals surface area contributed by atoms with Crippen LogP contribution in [0, 0.1) is 0 Å². The lowest BCUT2D eigenvalue weighted by molar-refractivity contribution is -0.229. The lowest BCUT2D eigenvalue weighted by Gasteiger charge is -2.24. The molecule has 0 heterocycles. The zero-order valence-corrected chi connectivity index (χ0v) is 13.6. The molecule has 23 heavy (non-hydrogen) atoms. The fourth-order valence-corrected chi connectivity index (χ4v) is 1.70. The number of oxime groups is 1. The Balaban J connectivity index is 2.87. The van der Waals surface area contributed by atoms with Crippen LogP contribution in [-0.4, -0.2) is 47.7 Å². The van der Waals surface area contributed by atoms with Crippen LogP contribution in [0.1, 0.15) is 12.5 Å². The van der Waals surface area contributed by atoms with Gasteiger partial charge in [0.1, 0.15) is 6.61 Å². The van der Waals surface area contributed by atoms with Crippen LogP contribution < -0.4 is 11.1 Å². The summed E-state index contributed by atoms with van der Waals surface area (Å²) < 4.78 is 4.94. The molecule has 1 amide bonds. The number of rotatable bonds is 8. The summed E-state index contributed by atoms with van der Waals surface area (Å²) in [6, 6.07) is 6.06. The summed E-state index contributed by atoms with van der Waals surface area (Å²) in [6.45, 7) is 1.01. The molecular formula is C14H20ClN3O5. The molecule has 0 radical (unpaired) electrons. The monoisotopic (exact) mass is 345 g/mol. The van der Waals surface area contributed by atoms with Crippen molar-refractivity contribution in [3.8, 4) is 0 Å². The second kappa shape index (κ2) is 8.56. The van der Waals surface area contributed by atoms with E-state index in [1.165, 1.54) is 14.0 Å². The van der Waals surface area contributed by atoms with Crippen molar-refractivity contribution < 1.29 is 24.6 Å². The molecule has 1 aromatic carbocycles. The number of methoxy groups -OCH3 is 1. The van der Waals surface area contributed by atoms with E-state index in [9.17, 15) is 4.79 Å². The maximum atomic E-state index is 10.9. The van der Waals surface area contributed by atoms with Crippen LogP contribution in [0.15, 0.2) is 29.4 Å². The van der Waals surface area contributed by atoms with Crippen molar-refractivity contribution in [3.63, 3.8) is 0 Å². The smallest absolute Gasteiger partial charge is 0.405 e. The Morgan fingerprint density at radius 2 is 2.09 bits per heavy atom. The van der Waals surface area contributed by atoms with Gasteiger partial charge in [0.2, 0.25) is 0 Å². The van der Waals surface area contributed by atoms with Gasteiger partial charge in [-0.3, -0.25) is 0 Å². The third-order valence-electron chi connectivity index (χ3n) is 3.07. The standard InChI is InChI=1S/C14H20ClN3O5/c1-14(8-19,22-2)23-18-12(16)11(17-13(20)21)7-9-3-5-10(15)6-4-9/h3-6,11,17,19H,7-8H2,1-2H3,(H2,16,18)(H,20,21)/t11-,14-/m0/s1. The highest BCUT2D eigenvalue weighted by Crippen LogP contribution is 2.13. The second-order valence-electron chi connectivity index (χ2n) is 4.94. The van der Waals surface area contributed by atoms with E-state index in [4.69, 9.17) is 37.1 Å². The van der Waals surface area contributed by atoms with E-state index >= 15 is 0 Å². The third-order valence-corrected chi connectivity index (χ3v) is 3.32. The van der Waals surface area contributed by atoms with E-state index in [0.717, 1.165) is 5.56 Å². The molecule has 8 nitrogen and oxygen atoms in total. The fourth-order valence-electron chi connectivity index (χ4n) is 1.58. The molecular weight excluding hydrogens is 326 g/mol. The highest BCUT2D eigenvalue weighted by molar-refractivity contribution is 6.30. The van der Waals surface area contributed by atoms with Crippen LogP contribution in [-0.2, 0) is 16.0 Å². The summed E-state index contributed by atoms with van der Waals surface area (Å²) >= 11 is 5.81. The van der Waals surface area contributed by atoms with Crippen molar-refractivity contribution in [1.29, 1.82) is 0 Å². The Kier molecular flexibility index (Phi) is 7.08. The van der Waals surface area contributed by atoms with Crippen LogP contribution in [0.25, 0.3) is 0 Å². The van der Waals surface area contributed by atoms with Gasteiger partial charge < -0.3 is 30.8 Å². The van der Waals surface area contributed by atoms with E-state index in [-0.39, 0.29) is 12.3 Å². The molecule has 0 aliphatic rings. The maximum Gasteiger partial charge on any atom is 0.405 e. The molecule has 0 aliphatic heterocycles. The van der Waals surface area contributed by atoms with Crippen molar-refractivity contribution in [1.82, 2.24) is 5.32 Å². The quantitative estimate of drug-likeness (QED) is 0.242. The molecule has 128 valence electrons. The maximum absolute atomic E-state index is 10.9. The van der Waals surface area contributed by atoms with Crippen LogP contribution in [0.2, 0.25) is 5.02 Å². The van der Waals surface area contributed by atoms with E-state index in [2.05, 4.69) is 10.5 Å². The molecule has 0 unspecified atom stereocenters. The number of halogens is 1. The topological polar surface area (TPSA) is 126 Å². The molecule has 5 N–H and O–H groups in total.